The highest BCUT2D eigenvalue weighted by molar-refractivity contribution is 5.82. The van der Waals surface area contributed by atoms with Gasteiger partial charge in [-0.05, 0) is 18.6 Å². The molecule has 1 aromatic carbocycles. The van der Waals surface area contributed by atoms with E-state index in [9.17, 15) is 4.79 Å². The molecule has 1 heterocycles. The molecule has 0 aliphatic carbocycles. The average Bonchev–Trinajstić information content (AvgIpc) is 2.36. The van der Waals surface area contributed by atoms with Gasteiger partial charge in [0.25, 0.3) is 0 Å². The van der Waals surface area contributed by atoms with Crippen molar-refractivity contribution in [3.8, 4) is 0 Å². The van der Waals surface area contributed by atoms with Crippen molar-refractivity contribution < 1.29 is 4.79 Å². The minimum Gasteiger partial charge on any atom is -0.299 e. The summed E-state index contributed by atoms with van der Waals surface area (Å²) in [6.07, 6.45) is 3.18. The largest absolute Gasteiger partial charge is 0.299 e. The van der Waals surface area contributed by atoms with Crippen LogP contribution in [0.1, 0.15) is 31.9 Å². The number of benzene rings is 1. The van der Waals surface area contributed by atoms with Gasteiger partial charge in [0, 0.05) is 23.9 Å². The maximum atomic E-state index is 11.7. The SMILES string of the molecule is CCCCC(=O)Cc1ccc2ccccc2n1. The van der Waals surface area contributed by atoms with E-state index >= 15 is 0 Å². The third kappa shape index (κ3) is 3.13. The first-order valence-electron chi connectivity index (χ1n) is 6.16. The summed E-state index contributed by atoms with van der Waals surface area (Å²) in [6, 6.07) is 12.0. The van der Waals surface area contributed by atoms with Crippen LogP contribution in [0.4, 0.5) is 0 Å². The van der Waals surface area contributed by atoms with Gasteiger partial charge in [-0.1, -0.05) is 37.6 Å². The normalized spacial score (nSPS) is 10.6. The number of pyridine rings is 1. The van der Waals surface area contributed by atoms with Gasteiger partial charge in [0.05, 0.1) is 5.52 Å². The van der Waals surface area contributed by atoms with E-state index in [1.165, 1.54) is 0 Å². The molecule has 2 heteroatoms. The maximum Gasteiger partial charge on any atom is 0.138 e. The molecule has 2 nitrogen and oxygen atoms in total. The van der Waals surface area contributed by atoms with E-state index in [0.717, 1.165) is 29.4 Å². The molecule has 0 saturated carbocycles. The minimum absolute atomic E-state index is 0.287. The van der Waals surface area contributed by atoms with Crippen LogP contribution in [0.15, 0.2) is 36.4 Å². The third-order valence-corrected chi connectivity index (χ3v) is 2.84. The molecule has 0 fully saturated rings. The molecule has 88 valence electrons. The number of nitrogens with zero attached hydrogens (tertiary/aromatic N) is 1. The van der Waals surface area contributed by atoms with Crippen LogP contribution in [0, 0.1) is 0 Å². The predicted octanol–water partition coefficient (Wildman–Crippen LogP) is 3.54. The van der Waals surface area contributed by atoms with E-state index in [4.69, 9.17) is 0 Å². The van der Waals surface area contributed by atoms with Crippen LogP contribution in [0.3, 0.4) is 0 Å². The number of hydrogen-bond acceptors (Lipinski definition) is 2. The standard InChI is InChI=1S/C15H17NO/c1-2-3-7-14(17)11-13-10-9-12-6-4-5-8-15(12)16-13/h4-6,8-10H,2-3,7,11H2,1H3. The Hall–Kier alpha value is -1.70. The Bertz CT molecular complexity index is 519. The second kappa shape index (κ2) is 5.58. The Morgan fingerprint density at radius 3 is 2.82 bits per heavy atom. The van der Waals surface area contributed by atoms with Crippen LogP contribution >= 0.6 is 0 Å². The number of fused-ring (bicyclic) bond motifs is 1. The van der Waals surface area contributed by atoms with Gasteiger partial charge in [-0.15, -0.1) is 0 Å². The minimum atomic E-state index is 0.287. The molecule has 0 bridgehead atoms. The van der Waals surface area contributed by atoms with Crippen LogP contribution in [0.25, 0.3) is 10.9 Å². The summed E-state index contributed by atoms with van der Waals surface area (Å²) in [7, 11) is 0. The van der Waals surface area contributed by atoms with Crippen LogP contribution in [0.2, 0.25) is 0 Å². The Morgan fingerprint density at radius 2 is 2.00 bits per heavy atom. The maximum absolute atomic E-state index is 11.7. The lowest BCUT2D eigenvalue weighted by molar-refractivity contribution is -0.118. The molecule has 2 rings (SSSR count). The van der Waals surface area contributed by atoms with E-state index in [0.29, 0.717) is 12.8 Å². The topological polar surface area (TPSA) is 30.0 Å². The number of rotatable bonds is 5. The summed E-state index contributed by atoms with van der Waals surface area (Å²) in [5, 5.41) is 1.12. The molecule has 0 radical (unpaired) electrons. The zero-order valence-corrected chi connectivity index (χ0v) is 10.1. The van der Waals surface area contributed by atoms with Crippen LogP contribution in [-0.2, 0) is 11.2 Å². The summed E-state index contributed by atoms with van der Waals surface area (Å²) in [5.74, 6) is 0.287. The molecule has 1 aromatic heterocycles. The number of para-hydroxylation sites is 1. The molecule has 0 spiro atoms. The highest BCUT2D eigenvalue weighted by atomic mass is 16.1. The van der Waals surface area contributed by atoms with Gasteiger partial charge in [0.15, 0.2) is 0 Å². The molecular weight excluding hydrogens is 210 g/mol. The Balaban J connectivity index is 2.11. The van der Waals surface area contributed by atoms with Gasteiger partial charge in [0.1, 0.15) is 5.78 Å². The van der Waals surface area contributed by atoms with E-state index in [1.807, 2.05) is 36.4 Å². The highest BCUT2D eigenvalue weighted by Crippen LogP contribution is 2.12. The van der Waals surface area contributed by atoms with Crippen molar-refractivity contribution in [1.82, 2.24) is 4.98 Å². The molecule has 0 unspecified atom stereocenters. The molecule has 0 saturated heterocycles. The molecule has 0 amide bonds. The van der Waals surface area contributed by atoms with E-state index in [1.54, 1.807) is 0 Å². The van der Waals surface area contributed by atoms with Crippen molar-refractivity contribution in [3.05, 3.63) is 42.1 Å². The van der Waals surface area contributed by atoms with E-state index in [-0.39, 0.29) is 5.78 Å². The monoisotopic (exact) mass is 227 g/mol. The second-order valence-corrected chi connectivity index (χ2v) is 4.31. The average molecular weight is 227 g/mol. The van der Waals surface area contributed by atoms with Crippen molar-refractivity contribution in [2.24, 2.45) is 0 Å². The van der Waals surface area contributed by atoms with Crippen molar-refractivity contribution >= 4 is 16.7 Å². The molecule has 0 atom stereocenters. The molecule has 0 aliphatic rings. The first kappa shape index (κ1) is 11.8. The first-order valence-corrected chi connectivity index (χ1v) is 6.16. The van der Waals surface area contributed by atoms with Gasteiger partial charge >= 0.3 is 0 Å². The highest BCUT2D eigenvalue weighted by Gasteiger charge is 2.05. The summed E-state index contributed by atoms with van der Waals surface area (Å²) in [6.45, 7) is 2.10. The van der Waals surface area contributed by atoms with Gasteiger partial charge in [-0.25, -0.2) is 0 Å². The smallest absolute Gasteiger partial charge is 0.138 e. The number of hydrogen-bond donors (Lipinski definition) is 0. The lowest BCUT2D eigenvalue weighted by Gasteiger charge is -2.02. The Kier molecular flexibility index (Phi) is 3.86. The van der Waals surface area contributed by atoms with Crippen molar-refractivity contribution in [2.45, 2.75) is 32.6 Å². The van der Waals surface area contributed by atoms with Crippen molar-refractivity contribution in [1.29, 1.82) is 0 Å². The zero-order chi connectivity index (χ0) is 12.1. The van der Waals surface area contributed by atoms with E-state index in [2.05, 4.69) is 11.9 Å². The predicted molar refractivity (Wildman–Crippen MR) is 70.0 cm³/mol. The fourth-order valence-corrected chi connectivity index (χ4v) is 1.87. The third-order valence-electron chi connectivity index (χ3n) is 2.84. The van der Waals surface area contributed by atoms with Crippen molar-refractivity contribution in [2.75, 3.05) is 0 Å². The summed E-state index contributed by atoms with van der Waals surface area (Å²) in [4.78, 5) is 16.2. The molecule has 2 aromatic rings. The first-order chi connectivity index (χ1) is 8.29. The Labute approximate surface area is 102 Å². The number of aromatic nitrogens is 1. The number of ketones is 1. The number of carbonyl (C=O) groups excluding carboxylic acids is 1. The molecular formula is C15H17NO. The van der Waals surface area contributed by atoms with Gasteiger partial charge in [-0.3, -0.25) is 9.78 Å². The molecule has 0 aliphatic heterocycles. The van der Waals surface area contributed by atoms with E-state index < -0.39 is 0 Å². The zero-order valence-electron chi connectivity index (χ0n) is 10.1. The summed E-state index contributed by atoms with van der Waals surface area (Å²) in [5.41, 5.74) is 1.85. The number of Topliss-reactive ketones (excluding diaryl/α,β-unsaturated/α-hetero) is 1. The number of carbonyl (C=O) groups is 1. The second-order valence-electron chi connectivity index (χ2n) is 4.31. The van der Waals surface area contributed by atoms with Crippen LogP contribution in [0.5, 0.6) is 0 Å². The fraction of sp³-hybridized carbons (Fsp3) is 0.333. The van der Waals surface area contributed by atoms with Gasteiger partial charge < -0.3 is 0 Å². The fourth-order valence-electron chi connectivity index (χ4n) is 1.87. The lowest BCUT2D eigenvalue weighted by atomic mass is 10.1. The molecule has 17 heavy (non-hydrogen) atoms. The van der Waals surface area contributed by atoms with Gasteiger partial charge in [-0.2, -0.15) is 0 Å². The quantitative estimate of drug-likeness (QED) is 0.782. The number of unbranched alkanes of at least 4 members (excludes halogenated alkanes) is 1. The Morgan fingerprint density at radius 1 is 1.18 bits per heavy atom. The lowest BCUT2D eigenvalue weighted by Crippen LogP contribution is -2.04. The van der Waals surface area contributed by atoms with Crippen LogP contribution in [-0.4, -0.2) is 10.8 Å². The summed E-state index contributed by atoms with van der Waals surface area (Å²) >= 11 is 0. The van der Waals surface area contributed by atoms with Crippen LogP contribution < -0.4 is 0 Å². The van der Waals surface area contributed by atoms with Gasteiger partial charge in [0.2, 0.25) is 0 Å². The molecule has 0 N–H and O–H groups in total. The summed E-state index contributed by atoms with van der Waals surface area (Å²) < 4.78 is 0. The van der Waals surface area contributed by atoms with Crippen molar-refractivity contribution in [3.63, 3.8) is 0 Å².